The van der Waals surface area contributed by atoms with Gasteiger partial charge in [0.1, 0.15) is 24.0 Å². The normalized spacial score (nSPS) is 38.8. The fourth-order valence-electron chi connectivity index (χ4n) is 3.34. The summed E-state index contributed by atoms with van der Waals surface area (Å²) >= 11 is 0. The van der Waals surface area contributed by atoms with Gasteiger partial charge >= 0.3 is 6.09 Å². The topological polar surface area (TPSA) is 60.0 Å². The molecule has 0 aromatic carbocycles. The molecular weight excluding hydrogens is 260 g/mol. The number of carbonyl (C=O) groups excluding carboxylic acids is 1. The molecule has 6 nitrogen and oxygen atoms in total. The Kier molecular flexibility index (Phi) is 3.05. The summed E-state index contributed by atoms with van der Waals surface area (Å²) in [5.74, 6) is -0.578. The Morgan fingerprint density at radius 1 is 1.30 bits per heavy atom. The molecule has 3 rings (SSSR count). The van der Waals surface area contributed by atoms with E-state index in [2.05, 4.69) is 5.32 Å². The van der Waals surface area contributed by atoms with Gasteiger partial charge < -0.3 is 14.2 Å². The van der Waals surface area contributed by atoms with Crippen LogP contribution >= 0.6 is 0 Å². The molecule has 2 bridgehead atoms. The molecule has 3 aliphatic heterocycles. The fraction of sp³-hybridized carbons (Fsp3) is 0.929. The number of ether oxygens (including phenoxy) is 3. The number of carbonyl (C=O) groups is 1. The van der Waals surface area contributed by atoms with E-state index >= 15 is 0 Å². The van der Waals surface area contributed by atoms with Crippen molar-refractivity contribution in [2.45, 2.75) is 76.8 Å². The van der Waals surface area contributed by atoms with E-state index in [9.17, 15) is 4.79 Å². The summed E-state index contributed by atoms with van der Waals surface area (Å²) in [4.78, 5) is 14.2. The lowest BCUT2D eigenvalue weighted by Crippen LogP contribution is -2.58. The highest BCUT2D eigenvalue weighted by Crippen LogP contribution is 2.42. The number of nitrogens with one attached hydrogen (secondary N) is 1. The second-order valence-electron chi connectivity index (χ2n) is 7.21. The first-order chi connectivity index (χ1) is 9.18. The highest BCUT2D eigenvalue weighted by atomic mass is 16.8. The van der Waals surface area contributed by atoms with Gasteiger partial charge in [-0.2, -0.15) is 0 Å². The maximum atomic E-state index is 12.4. The van der Waals surface area contributed by atoms with E-state index in [0.29, 0.717) is 0 Å². The average molecular weight is 284 g/mol. The molecular formula is C14H24N2O4. The lowest BCUT2D eigenvalue weighted by atomic mass is 10.1. The minimum atomic E-state index is -0.578. The van der Waals surface area contributed by atoms with Crippen molar-refractivity contribution in [3.05, 3.63) is 0 Å². The minimum Gasteiger partial charge on any atom is -0.444 e. The third-order valence-corrected chi connectivity index (χ3v) is 3.91. The summed E-state index contributed by atoms with van der Waals surface area (Å²) in [7, 11) is 0. The second-order valence-corrected chi connectivity index (χ2v) is 7.21. The van der Waals surface area contributed by atoms with Gasteiger partial charge in [-0.1, -0.05) is 0 Å². The Morgan fingerprint density at radius 3 is 2.60 bits per heavy atom. The third kappa shape index (κ3) is 2.29. The van der Waals surface area contributed by atoms with Gasteiger partial charge in [-0.25, -0.2) is 4.79 Å². The molecule has 2 unspecified atom stereocenters. The molecule has 20 heavy (non-hydrogen) atoms. The monoisotopic (exact) mass is 284 g/mol. The molecule has 1 N–H and O–H groups in total. The van der Waals surface area contributed by atoms with E-state index in [1.165, 1.54) is 0 Å². The first-order valence-electron chi connectivity index (χ1n) is 7.28. The van der Waals surface area contributed by atoms with Crippen LogP contribution in [0.15, 0.2) is 0 Å². The molecule has 114 valence electrons. The zero-order valence-corrected chi connectivity index (χ0v) is 12.8. The number of rotatable bonds is 0. The maximum Gasteiger partial charge on any atom is 0.411 e. The van der Waals surface area contributed by atoms with E-state index in [1.807, 2.05) is 34.6 Å². The van der Waals surface area contributed by atoms with Crippen molar-refractivity contribution in [2.75, 3.05) is 6.54 Å². The van der Waals surface area contributed by atoms with Crippen LogP contribution in [-0.4, -0.2) is 53.3 Å². The number of hydrogen-bond acceptors (Lipinski definition) is 5. The highest BCUT2D eigenvalue weighted by molar-refractivity contribution is 5.70. The van der Waals surface area contributed by atoms with E-state index in [-0.39, 0.29) is 30.5 Å². The number of amides is 1. The summed E-state index contributed by atoms with van der Waals surface area (Å²) in [6.45, 7) is 10.3. The van der Waals surface area contributed by atoms with E-state index in [0.717, 1.165) is 13.0 Å². The van der Waals surface area contributed by atoms with Gasteiger partial charge in [0.15, 0.2) is 5.79 Å². The number of fused-ring (bicyclic) bond motifs is 5. The molecule has 3 heterocycles. The molecule has 4 atom stereocenters. The Labute approximate surface area is 119 Å². The van der Waals surface area contributed by atoms with Crippen LogP contribution in [0, 0.1) is 0 Å². The van der Waals surface area contributed by atoms with Crippen LogP contribution in [0.5, 0.6) is 0 Å². The van der Waals surface area contributed by atoms with Crippen LogP contribution in [0.3, 0.4) is 0 Å². The molecule has 0 saturated carbocycles. The SMILES string of the molecule is CC(C)(C)OC(=O)N1C2NCC[C@H]1[C@H]1OC(C)(C)OC21. The summed E-state index contributed by atoms with van der Waals surface area (Å²) < 4.78 is 17.5. The highest BCUT2D eigenvalue weighted by Gasteiger charge is 2.61. The van der Waals surface area contributed by atoms with Crippen LogP contribution in [0.2, 0.25) is 0 Å². The molecule has 6 heteroatoms. The molecule has 0 spiro atoms. The van der Waals surface area contributed by atoms with Gasteiger partial charge in [0, 0.05) is 0 Å². The smallest absolute Gasteiger partial charge is 0.411 e. The Morgan fingerprint density at radius 2 is 1.95 bits per heavy atom. The van der Waals surface area contributed by atoms with E-state index in [1.54, 1.807) is 4.90 Å². The van der Waals surface area contributed by atoms with Crippen molar-refractivity contribution in [3.63, 3.8) is 0 Å². The van der Waals surface area contributed by atoms with Gasteiger partial charge in [-0.05, 0) is 47.6 Å². The number of nitrogens with zero attached hydrogens (tertiary/aromatic N) is 1. The number of hydrogen-bond donors (Lipinski definition) is 1. The van der Waals surface area contributed by atoms with Crippen molar-refractivity contribution in [1.29, 1.82) is 0 Å². The Bertz CT molecular complexity index is 396. The molecule has 0 aromatic rings. The van der Waals surface area contributed by atoms with Crippen LogP contribution in [0.1, 0.15) is 41.0 Å². The second kappa shape index (κ2) is 4.32. The molecule has 3 aliphatic rings. The Balaban J connectivity index is 1.80. The molecule has 0 radical (unpaired) electrons. The van der Waals surface area contributed by atoms with E-state index < -0.39 is 11.4 Å². The predicted octanol–water partition coefficient (Wildman–Crippen LogP) is 1.45. The largest absolute Gasteiger partial charge is 0.444 e. The van der Waals surface area contributed by atoms with Crippen molar-refractivity contribution >= 4 is 6.09 Å². The summed E-state index contributed by atoms with van der Waals surface area (Å²) in [5, 5.41) is 3.36. The molecule has 3 saturated heterocycles. The van der Waals surface area contributed by atoms with Crippen molar-refractivity contribution in [2.24, 2.45) is 0 Å². The van der Waals surface area contributed by atoms with Crippen LogP contribution in [-0.2, 0) is 14.2 Å². The van der Waals surface area contributed by atoms with Gasteiger partial charge in [-0.15, -0.1) is 0 Å². The first kappa shape index (κ1) is 14.1. The summed E-state index contributed by atoms with van der Waals surface area (Å²) in [6.07, 6.45) is 0.216. The first-order valence-corrected chi connectivity index (χ1v) is 7.28. The van der Waals surface area contributed by atoms with Crippen LogP contribution in [0.4, 0.5) is 4.79 Å². The maximum absolute atomic E-state index is 12.4. The van der Waals surface area contributed by atoms with Gasteiger partial charge in [0.05, 0.1) is 6.04 Å². The lowest BCUT2D eigenvalue weighted by molar-refractivity contribution is -0.171. The van der Waals surface area contributed by atoms with Crippen molar-refractivity contribution in [3.8, 4) is 0 Å². The molecule has 0 aliphatic carbocycles. The minimum absolute atomic E-state index is 0.0304. The molecule has 0 aromatic heterocycles. The van der Waals surface area contributed by atoms with Crippen LogP contribution < -0.4 is 5.32 Å². The van der Waals surface area contributed by atoms with Gasteiger partial charge in [0.25, 0.3) is 0 Å². The molecule has 1 amide bonds. The Hall–Kier alpha value is -0.850. The zero-order chi connectivity index (χ0) is 14.7. The summed E-state index contributed by atoms with van der Waals surface area (Å²) in [6, 6.07) is 0.0304. The predicted molar refractivity (Wildman–Crippen MR) is 72.1 cm³/mol. The third-order valence-electron chi connectivity index (χ3n) is 3.91. The van der Waals surface area contributed by atoms with Gasteiger partial charge in [-0.3, -0.25) is 10.2 Å². The standard InChI is InChI=1S/C14H24N2O4/c1-13(2,3)20-12(17)16-8-6-7-15-11(16)10-9(8)18-14(4,5)19-10/h8-11,15H,6-7H2,1-5H3/t8-,9+,10?,11?/m0/s1. The quantitative estimate of drug-likeness (QED) is 0.729. The van der Waals surface area contributed by atoms with Gasteiger partial charge in [0.2, 0.25) is 0 Å². The van der Waals surface area contributed by atoms with E-state index in [4.69, 9.17) is 14.2 Å². The fourth-order valence-corrected chi connectivity index (χ4v) is 3.34. The average Bonchev–Trinajstić information content (AvgIpc) is 2.68. The van der Waals surface area contributed by atoms with Crippen LogP contribution in [0.25, 0.3) is 0 Å². The molecule has 3 fully saturated rings. The van der Waals surface area contributed by atoms with Crippen molar-refractivity contribution in [1.82, 2.24) is 10.2 Å². The summed E-state index contributed by atoms with van der Waals surface area (Å²) in [5.41, 5.74) is -0.496. The van der Waals surface area contributed by atoms with Crippen molar-refractivity contribution < 1.29 is 19.0 Å². The zero-order valence-electron chi connectivity index (χ0n) is 12.8. The lowest BCUT2D eigenvalue weighted by Gasteiger charge is -2.38.